The number of hydrogen-bond donors (Lipinski definition) is 3. The summed E-state index contributed by atoms with van der Waals surface area (Å²) < 4.78 is 9.78. The normalized spacial score (nSPS) is 43.6. The fourth-order valence-corrected chi connectivity index (χ4v) is 1.50. The lowest BCUT2D eigenvalue weighted by Gasteiger charge is -2.39. The molecular weight excluding hydrogens is 192 g/mol. The van der Waals surface area contributed by atoms with Crippen LogP contribution in [0.2, 0.25) is 0 Å². The summed E-state index contributed by atoms with van der Waals surface area (Å²) in [5, 5.41) is 27.7. The second-order valence-electron chi connectivity index (χ2n) is 3.28. The molecule has 0 aromatic rings. The van der Waals surface area contributed by atoms with E-state index in [0.717, 1.165) is 0 Å². The Morgan fingerprint density at radius 2 is 1.93 bits per heavy atom. The fourth-order valence-electron chi connectivity index (χ4n) is 1.50. The van der Waals surface area contributed by atoms with Crippen molar-refractivity contribution in [3.63, 3.8) is 0 Å². The Bertz CT molecular complexity index is 218. The second kappa shape index (κ2) is 4.22. The van der Waals surface area contributed by atoms with Gasteiger partial charge in [0.25, 0.3) is 0 Å². The quantitative estimate of drug-likeness (QED) is 0.514. The van der Waals surface area contributed by atoms with E-state index >= 15 is 0 Å². The van der Waals surface area contributed by atoms with Crippen LogP contribution in [0.4, 0.5) is 0 Å². The molecule has 0 aliphatic carbocycles. The molecule has 3 unspecified atom stereocenters. The van der Waals surface area contributed by atoms with Crippen molar-refractivity contribution in [1.82, 2.24) is 0 Å². The van der Waals surface area contributed by atoms with Crippen LogP contribution < -0.4 is 0 Å². The van der Waals surface area contributed by atoms with Crippen molar-refractivity contribution in [2.75, 3.05) is 7.11 Å². The Hall–Kier alpha value is -0.690. The number of aliphatic carboxylic acids is 1. The standard InChI is InChI=1S/C8H14O6/c1-3-4(9)5(10)6(13-2)7(14-3)8(11)12/h3-7,9-10H,1-2H3,(H,11,12)/t3?,4?,5-,6-,7?/m1/s1. The summed E-state index contributed by atoms with van der Waals surface area (Å²) in [6, 6.07) is 0. The summed E-state index contributed by atoms with van der Waals surface area (Å²) in [6.45, 7) is 1.50. The smallest absolute Gasteiger partial charge is 0.335 e. The van der Waals surface area contributed by atoms with Gasteiger partial charge in [0.05, 0.1) is 6.10 Å². The van der Waals surface area contributed by atoms with Crippen LogP contribution in [-0.2, 0) is 14.3 Å². The van der Waals surface area contributed by atoms with Crippen molar-refractivity contribution < 1.29 is 29.6 Å². The molecule has 0 aromatic carbocycles. The first-order valence-electron chi connectivity index (χ1n) is 4.26. The van der Waals surface area contributed by atoms with E-state index in [0.29, 0.717) is 0 Å². The van der Waals surface area contributed by atoms with Gasteiger partial charge in [0.1, 0.15) is 18.3 Å². The molecule has 14 heavy (non-hydrogen) atoms. The van der Waals surface area contributed by atoms with E-state index in [1.807, 2.05) is 0 Å². The van der Waals surface area contributed by atoms with Crippen molar-refractivity contribution in [1.29, 1.82) is 0 Å². The van der Waals surface area contributed by atoms with Gasteiger partial charge in [-0.25, -0.2) is 4.79 Å². The van der Waals surface area contributed by atoms with Gasteiger partial charge in [0, 0.05) is 7.11 Å². The molecule has 1 rings (SSSR count). The maximum atomic E-state index is 10.7. The number of carboxylic acids is 1. The first kappa shape index (κ1) is 11.4. The van der Waals surface area contributed by atoms with Crippen LogP contribution in [0.1, 0.15) is 6.92 Å². The molecular formula is C8H14O6. The van der Waals surface area contributed by atoms with E-state index in [2.05, 4.69) is 0 Å². The van der Waals surface area contributed by atoms with Gasteiger partial charge in [0.2, 0.25) is 0 Å². The van der Waals surface area contributed by atoms with Gasteiger partial charge in [-0.05, 0) is 6.92 Å². The molecule has 1 saturated heterocycles. The zero-order valence-electron chi connectivity index (χ0n) is 7.95. The van der Waals surface area contributed by atoms with Gasteiger partial charge in [-0.2, -0.15) is 0 Å². The van der Waals surface area contributed by atoms with Crippen LogP contribution in [-0.4, -0.2) is 58.9 Å². The number of aliphatic hydroxyl groups excluding tert-OH is 2. The van der Waals surface area contributed by atoms with Gasteiger partial charge in [-0.1, -0.05) is 0 Å². The first-order chi connectivity index (χ1) is 6.49. The molecule has 0 amide bonds. The predicted octanol–water partition coefficient (Wildman–Crippen LogP) is -1.40. The van der Waals surface area contributed by atoms with Crippen LogP contribution >= 0.6 is 0 Å². The molecule has 1 heterocycles. The molecule has 0 bridgehead atoms. The highest BCUT2D eigenvalue weighted by molar-refractivity contribution is 5.73. The summed E-state index contributed by atoms with van der Waals surface area (Å²) in [6.07, 6.45) is -5.38. The Kier molecular flexibility index (Phi) is 3.43. The van der Waals surface area contributed by atoms with E-state index in [1.54, 1.807) is 0 Å². The van der Waals surface area contributed by atoms with Gasteiger partial charge in [-0.3, -0.25) is 0 Å². The number of methoxy groups -OCH3 is 1. The molecule has 0 saturated carbocycles. The fraction of sp³-hybridized carbons (Fsp3) is 0.875. The molecule has 0 aromatic heterocycles. The minimum absolute atomic E-state index is 0.725. The number of carboxylic acid groups (broad SMARTS) is 1. The van der Waals surface area contributed by atoms with E-state index in [9.17, 15) is 15.0 Å². The van der Waals surface area contributed by atoms with Crippen LogP contribution in [0.5, 0.6) is 0 Å². The highest BCUT2D eigenvalue weighted by atomic mass is 16.6. The highest BCUT2D eigenvalue weighted by Crippen LogP contribution is 2.22. The van der Waals surface area contributed by atoms with Gasteiger partial charge >= 0.3 is 5.97 Å². The Balaban J connectivity index is 2.82. The number of rotatable bonds is 2. The monoisotopic (exact) mass is 206 g/mol. The minimum Gasteiger partial charge on any atom is -0.479 e. The van der Waals surface area contributed by atoms with Crippen molar-refractivity contribution >= 4 is 5.97 Å². The Morgan fingerprint density at radius 3 is 2.36 bits per heavy atom. The molecule has 3 N–H and O–H groups in total. The molecule has 82 valence electrons. The van der Waals surface area contributed by atoms with Gasteiger partial charge < -0.3 is 24.8 Å². The van der Waals surface area contributed by atoms with Crippen molar-refractivity contribution in [3.8, 4) is 0 Å². The zero-order chi connectivity index (χ0) is 10.9. The van der Waals surface area contributed by atoms with E-state index < -0.39 is 36.5 Å². The summed E-state index contributed by atoms with van der Waals surface area (Å²) in [7, 11) is 1.26. The van der Waals surface area contributed by atoms with Crippen LogP contribution in [0.25, 0.3) is 0 Å². The van der Waals surface area contributed by atoms with Crippen LogP contribution in [0.15, 0.2) is 0 Å². The zero-order valence-corrected chi connectivity index (χ0v) is 7.95. The molecule has 6 nitrogen and oxygen atoms in total. The highest BCUT2D eigenvalue weighted by Gasteiger charge is 2.46. The van der Waals surface area contributed by atoms with E-state index in [4.69, 9.17) is 14.6 Å². The van der Waals surface area contributed by atoms with Gasteiger partial charge in [0.15, 0.2) is 6.10 Å². The number of hydrogen-bond acceptors (Lipinski definition) is 5. The van der Waals surface area contributed by atoms with Crippen LogP contribution in [0.3, 0.4) is 0 Å². The van der Waals surface area contributed by atoms with E-state index in [1.165, 1.54) is 14.0 Å². The number of aliphatic hydroxyl groups is 2. The lowest BCUT2D eigenvalue weighted by atomic mass is 9.95. The summed E-state index contributed by atoms with van der Waals surface area (Å²) in [5.74, 6) is -1.21. The molecule has 1 aliphatic rings. The van der Waals surface area contributed by atoms with Crippen LogP contribution in [0, 0.1) is 0 Å². The number of carbonyl (C=O) groups is 1. The molecule has 5 atom stereocenters. The Labute approximate surface area is 81.1 Å². The summed E-state index contributed by atoms with van der Waals surface area (Å²) in [4.78, 5) is 10.7. The molecule has 6 heteroatoms. The maximum Gasteiger partial charge on any atom is 0.335 e. The largest absolute Gasteiger partial charge is 0.479 e. The number of ether oxygens (including phenoxy) is 2. The second-order valence-corrected chi connectivity index (χ2v) is 3.28. The topological polar surface area (TPSA) is 96.2 Å². The molecule has 0 radical (unpaired) electrons. The molecule has 1 fully saturated rings. The third-order valence-corrected chi connectivity index (χ3v) is 2.34. The lowest BCUT2D eigenvalue weighted by Crippen LogP contribution is -2.59. The van der Waals surface area contributed by atoms with Crippen molar-refractivity contribution in [2.24, 2.45) is 0 Å². The molecule has 0 spiro atoms. The maximum absolute atomic E-state index is 10.7. The van der Waals surface area contributed by atoms with Crippen molar-refractivity contribution in [2.45, 2.75) is 37.4 Å². The Morgan fingerprint density at radius 1 is 1.36 bits per heavy atom. The van der Waals surface area contributed by atoms with E-state index in [-0.39, 0.29) is 0 Å². The van der Waals surface area contributed by atoms with Gasteiger partial charge in [-0.15, -0.1) is 0 Å². The predicted molar refractivity (Wildman–Crippen MR) is 44.8 cm³/mol. The average molecular weight is 206 g/mol. The summed E-state index contributed by atoms with van der Waals surface area (Å²) >= 11 is 0. The lowest BCUT2D eigenvalue weighted by molar-refractivity contribution is -0.229. The summed E-state index contributed by atoms with van der Waals surface area (Å²) in [5.41, 5.74) is 0. The third kappa shape index (κ3) is 1.88. The third-order valence-electron chi connectivity index (χ3n) is 2.34. The average Bonchev–Trinajstić information content (AvgIpc) is 2.13. The van der Waals surface area contributed by atoms with Crippen molar-refractivity contribution in [3.05, 3.63) is 0 Å². The SMILES string of the molecule is CO[C@H]1C(C(=O)O)OC(C)C(O)[C@H]1O. The first-order valence-corrected chi connectivity index (χ1v) is 4.26. The molecule has 1 aliphatic heterocycles. The minimum atomic E-state index is -1.25.